The van der Waals surface area contributed by atoms with Gasteiger partial charge in [0.05, 0.1) is 0 Å². The predicted octanol–water partition coefficient (Wildman–Crippen LogP) is 2.14. The number of urea groups is 1. The number of benzene rings is 1. The Morgan fingerprint density at radius 1 is 1.08 bits per heavy atom. The Hall–Kier alpha value is -2.38. The van der Waals surface area contributed by atoms with Gasteiger partial charge in [-0.3, -0.25) is 9.69 Å². The van der Waals surface area contributed by atoms with E-state index in [4.69, 9.17) is 0 Å². The molecule has 6 nitrogen and oxygen atoms in total. The molecule has 7 heteroatoms. The summed E-state index contributed by atoms with van der Waals surface area (Å²) in [4.78, 5) is 29.5. The average Bonchev–Trinajstić information content (AvgIpc) is 3.19. The van der Waals surface area contributed by atoms with E-state index in [1.54, 1.807) is 30.5 Å². The number of carbonyl (C=O) groups excluding carboxylic acids is 2. The predicted molar refractivity (Wildman–Crippen MR) is 103 cm³/mol. The molecule has 26 heavy (non-hydrogen) atoms. The van der Waals surface area contributed by atoms with Crippen LogP contribution in [0.4, 0.5) is 4.79 Å². The lowest BCUT2D eigenvalue weighted by atomic mass is 10.1. The lowest BCUT2D eigenvalue weighted by Gasteiger charge is -2.34. The van der Waals surface area contributed by atoms with Crippen molar-refractivity contribution >= 4 is 23.3 Å². The van der Waals surface area contributed by atoms with Gasteiger partial charge in [0, 0.05) is 56.8 Å². The molecule has 1 aromatic heterocycles. The molecule has 1 aliphatic rings. The summed E-state index contributed by atoms with van der Waals surface area (Å²) in [6, 6.07) is 11.5. The number of carbonyl (C=O) groups is 2. The Morgan fingerprint density at radius 2 is 1.81 bits per heavy atom. The van der Waals surface area contributed by atoms with Crippen LogP contribution in [0.5, 0.6) is 0 Å². The minimum Gasteiger partial charge on any atom is -0.355 e. The monoisotopic (exact) mass is 372 g/mol. The quantitative estimate of drug-likeness (QED) is 0.845. The largest absolute Gasteiger partial charge is 0.355 e. The minimum atomic E-state index is -0.110. The van der Waals surface area contributed by atoms with Crippen LogP contribution in [0.1, 0.15) is 20.8 Å². The van der Waals surface area contributed by atoms with Crippen LogP contribution in [0, 0.1) is 0 Å². The van der Waals surface area contributed by atoms with Gasteiger partial charge in [-0.05, 0) is 29.1 Å². The fraction of sp³-hybridized carbons (Fsp3) is 0.368. The van der Waals surface area contributed by atoms with Crippen LogP contribution in [0.15, 0.2) is 41.8 Å². The first-order valence-corrected chi connectivity index (χ1v) is 9.62. The number of piperazine rings is 1. The van der Waals surface area contributed by atoms with Crippen LogP contribution in [-0.4, -0.2) is 55.0 Å². The van der Waals surface area contributed by atoms with E-state index in [1.165, 1.54) is 4.88 Å². The van der Waals surface area contributed by atoms with Crippen molar-refractivity contribution in [3.8, 4) is 0 Å². The molecule has 138 valence electrons. The molecule has 0 saturated carbocycles. The van der Waals surface area contributed by atoms with E-state index < -0.39 is 0 Å². The molecule has 1 aromatic carbocycles. The molecule has 0 radical (unpaired) electrons. The lowest BCUT2D eigenvalue weighted by molar-refractivity contribution is 0.0963. The van der Waals surface area contributed by atoms with E-state index in [0.717, 1.165) is 38.3 Å². The summed E-state index contributed by atoms with van der Waals surface area (Å²) in [6.07, 6.45) is 0. The second-order valence-corrected chi connectivity index (χ2v) is 7.31. The Kier molecular flexibility index (Phi) is 6.25. The second-order valence-electron chi connectivity index (χ2n) is 6.28. The van der Waals surface area contributed by atoms with Gasteiger partial charge in [-0.15, -0.1) is 11.3 Å². The molecule has 0 bridgehead atoms. The minimum absolute atomic E-state index is 0.0313. The molecule has 2 heterocycles. The standard InChI is InChI=1S/C19H24N4O2S/c1-20-18(24)16-6-4-15(5-7-16)13-21-19(25)23-10-8-22(9-11-23)14-17-3-2-12-26-17/h2-7,12H,8-11,13-14H2,1H3,(H,20,24)(H,21,25). The molecule has 1 fully saturated rings. The van der Waals surface area contributed by atoms with Gasteiger partial charge in [0.2, 0.25) is 0 Å². The first-order valence-electron chi connectivity index (χ1n) is 8.74. The van der Waals surface area contributed by atoms with E-state index in [-0.39, 0.29) is 11.9 Å². The smallest absolute Gasteiger partial charge is 0.317 e. The van der Waals surface area contributed by atoms with Crippen molar-refractivity contribution in [2.75, 3.05) is 33.2 Å². The van der Waals surface area contributed by atoms with Crippen molar-refractivity contribution in [1.82, 2.24) is 20.4 Å². The summed E-state index contributed by atoms with van der Waals surface area (Å²) >= 11 is 1.77. The van der Waals surface area contributed by atoms with Crippen LogP contribution in [-0.2, 0) is 13.1 Å². The van der Waals surface area contributed by atoms with Crippen molar-refractivity contribution in [2.45, 2.75) is 13.1 Å². The molecule has 0 spiro atoms. The van der Waals surface area contributed by atoms with E-state index in [0.29, 0.717) is 12.1 Å². The van der Waals surface area contributed by atoms with Crippen LogP contribution >= 0.6 is 11.3 Å². The third kappa shape index (κ3) is 4.83. The molecule has 2 N–H and O–H groups in total. The van der Waals surface area contributed by atoms with Gasteiger partial charge < -0.3 is 15.5 Å². The number of thiophene rings is 1. The number of amides is 3. The van der Waals surface area contributed by atoms with Crippen LogP contribution in [0.2, 0.25) is 0 Å². The average molecular weight is 372 g/mol. The molecule has 3 amide bonds. The lowest BCUT2D eigenvalue weighted by Crippen LogP contribution is -2.51. The molecule has 2 aromatic rings. The van der Waals surface area contributed by atoms with Gasteiger partial charge in [0.1, 0.15) is 0 Å². The Labute approximate surface area is 157 Å². The number of hydrogen-bond donors (Lipinski definition) is 2. The zero-order chi connectivity index (χ0) is 18.4. The molecular formula is C19H24N4O2S. The molecule has 0 unspecified atom stereocenters. The number of hydrogen-bond acceptors (Lipinski definition) is 4. The van der Waals surface area contributed by atoms with Crippen LogP contribution in [0.25, 0.3) is 0 Å². The fourth-order valence-corrected chi connectivity index (χ4v) is 3.69. The maximum atomic E-state index is 12.4. The van der Waals surface area contributed by atoms with Crippen molar-refractivity contribution in [3.63, 3.8) is 0 Å². The number of rotatable bonds is 5. The van der Waals surface area contributed by atoms with E-state index >= 15 is 0 Å². The highest BCUT2D eigenvalue weighted by atomic mass is 32.1. The summed E-state index contributed by atoms with van der Waals surface area (Å²) in [6.45, 7) is 4.70. The topological polar surface area (TPSA) is 64.7 Å². The summed E-state index contributed by atoms with van der Waals surface area (Å²) in [5, 5.41) is 7.65. The van der Waals surface area contributed by atoms with Gasteiger partial charge in [-0.25, -0.2) is 4.79 Å². The zero-order valence-corrected chi connectivity index (χ0v) is 15.7. The van der Waals surface area contributed by atoms with Gasteiger partial charge >= 0.3 is 6.03 Å². The Bertz CT molecular complexity index is 723. The summed E-state index contributed by atoms with van der Waals surface area (Å²) in [7, 11) is 1.61. The summed E-state index contributed by atoms with van der Waals surface area (Å²) < 4.78 is 0. The van der Waals surface area contributed by atoms with Crippen molar-refractivity contribution in [3.05, 3.63) is 57.8 Å². The van der Waals surface area contributed by atoms with Gasteiger partial charge in [0.25, 0.3) is 5.91 Å². The SMILES string of the molecule is CNC(=O)c1ccc(CNC(=O)N2CCN(Cc3cccs3)CC2)cc1. The highest BCUT2D eigenvalue weighted by Gasteiger charge is 2.21. The van der Waals surface area contributed by atoms with Crippen LogP contribution in [0.3, 0.4) is 0 Å². The van der Waals surface area contributed by atoms with Gasteiger partial charge in [-0.2, -0.15) is 0 Å². The fourth-order valence-electron chi connectivity index (χ4n) is 2.94. The van der Waals surface area contributed by atoms with E-state index in [9.17, 15) is 9.59 Å². The Balaban J connectivity index is 1.42. The van der Waals surface area contributed by atoms with Crippen molar-refractivity contribution in [1.29, 1.82) is 0 Å². The molecule has 0 atom stereocenters. The zero-order valence-electron chi connectivity index (χ0n) is 14.9. The van der Waals surface area contributed by atoms with E-state index in [1.807, 2.05) is 17.0 Å². The Morgan fingerprint density at radius 3 is 2.42 bits per heavy atom. The first kappa shape index (κ1) is 18.4. The molecule has 3 rings (SSSR count). The molecule has 1 aliphatic heterocycles. The third-order valence-corrected chi connectivity index (χ3v) is 5.37. The molecule has 0 aliphatic carbocycles. The maximum Gasteiger partial charge on any atom is 0.317 e. The molecule has 1 saturated heterocycles. The van der Waals surface area contributed by atoms with Gasteiger partial charge in [0.15, 0.2) is 0 Å². The maximum absolute atomic E-state index is 12.4. The van der Waals surface area contributed by atoms with Gasteiger partial charge in [-0.1, -0.05) is 18.2 Å². The molecular weight excluding hydrogens is 348 g/mol. The van der Waals surface area contributed by atoms with Crippen molar-refractivity contribution in [2.24, 2.45) is 0 Å². The summed E-state index contributed by atoms with van der Waals surface area (Å²) in [5.74, 6) is -0.110. The number of nitrogens with zero attached hydrogens (tertiary/aromatic N) is 2. The first-order chi connectivity index (χ1) is 12.7. The van der Waals surface area contributed by atoms with E-state index in [2.05, 4.69) is 33.0 Å². The highest BCUT2D eigenvalue weighted by Crippen LogP contribution is 2.13. The highest BCUT2D eigenvalue weighted by molar-refractivity contribution is 7.09. The number of nitrogens with one attached hydrogen (secondary N) is 2. The normalized spacial score (nSPS) is 14.9. The second kappa shape index (κ2) is 8.82. The summed E-state index contributed by atoms with van der Waals surface area (Å²) in [5.41, 5.74) is 1.59. The van der Waals surface area contributed by atoms with Crippen LogP contribution < -0.4 is 10.6 Å². The van der Waals surface area contributed by atoms with Crippen molar-refractivity contribution < 1.29 is 9.59 Å². The third-order valence-electron chi connectivity index (χ3n) is 4.51.